The Labute approximate surface area is 102 Å². The van der Waals surface area contributed by atoms with E-state index in [1.807, 2.05) is 0 Å². The van der Waals surface area contributed by atoms with Gasteiger partial charge in [0.25, 0.3) is 0 Å². The van der Waals surface area contributed by atoms with Gasteiger partial charge in [0.1, 0.15) is 9.84 Å². The molecule has 15 heavy (non-hydrogen) atoms. The van der Waals surface area contributed by atoms with Crippen molar-refractivity contribution in [3.05, 3.63) is 0 Å². The van der Waals surface area contributed by atoms with Crippen LogP contribution in [0.4, 0.5) is 0 Å². The fourth-order valence-corrected chi connectivity index (χ4v) is 3.01. The van der Waals surface area contributed by atoms with Gasteiger partial charge >= 0.3 is 0 Å². The zero-order valence-electron chi connectivity index (χ0n) is 8.41. The summed E-state index contributed by atoms with van der Waals surface area (Å²) in [6.45, 7) is -0.241. The first-order chi connectivity index (χ1) is 6.91. The number of aliphatic hydroxyl groups is 2. The van der Waals surface area contributed by atoms with E-state index in [4.69, 9.17) is 10.2 Å². The highest BCUT2D eigenvalue weighted by Crippen LogP contribution is 2.08. The lowest BCUT2D eigenvalue weighted by Crippen LogP contribution is -2.19. The van der Waals surface area contributed by atoms with Gasteiger partial charge in [-0.15, -0.1) is 0 Å². The molecule has 0 radical (unpaired) electrons. The fourth-order valence-electron chi connectivity index (χ4n) is 0.916. The van der Waals surface area contributed by atoms with E-state index in [0.717, 1.165) is 0 Å². The molecule has 0 aliphatic heterocycles. The van der Waals surface area contributed by atoms with Crippen LogP contribution in [0, 0.1) is 0 Å². The average molecular weight is 274 g/mol. The second-order valence-corrected chi connectivity index (χ2v) is 7.17. The Morgan fingerprint density at radius 1 is 0.933 bits per heavy atom. The van der Waals surface area contributed by atoms with Crippen LogP contribution in [0.15, 0.2) is 0 Å². The van der Waals surface area contributed by atoms with Crippen LogP contribution in [0.25, 0.3) is 0 Å². The van der Waals surface area contributed by atoms with Crippen LogP contribution in [0.1, 0.15) is 12.8 Å². The summed E-state index contributed by atoms with van der Waals surface area (Å²) in [4.78, 5) is 0. The molecule has 0 aromatic heterocycles. The van der Waals surface area contributed by atoms with E-state index >= 15 is 0 Å². The van der Waals surface area contributed by atoms with Gasteiger partial charge < -0.3 is 10.2 Å². The number of hydrogen-bond donors (Lipinski definition) is 4. The Bertz CT molecular complexity index is 233. The second kappa shape index (κ2) is 7.78. The molecule has 0 aromatic carbocycles. The first kappa shape index (κ1) is 15.6. The number of thiol groups is 2. The minimum Gasteiger partial charge on any atom is -0.395 e. The number of rotatable bonds is 8. The number of sulfone groups is 1. The largest absolute Gasteiger partial charge is 0.395 e. The highest BCUT2D eigenvalue weighted by Gasteiger charge is 2.15. The highest BCUT2D eigenvalue weighted by molar-refractivity contribution is 7.91. The summed E-state index contributed by atoms with van der Waals surface area (Å²) in [7, 11) is -3.11. The first-order valence-electron chi connectivity index (χ1n) is 4.69. The number of hydrogen-bond acceptors (Lipinski definition) is 6. The average Bonchev–Trinajstić information content (AvgIpc) is 2.22. The zero-order valence-corrected chi connectivity index (χ0v) is 11.0. The van der Waals surface area contributed by atoms with Crippen molar-refractivity contribution in [2.24, 2.45) is 0 Å². The Morgan fingerprint density at radius 2 is 1.27 bits per heavy atom. The monoisotopic (exact) mass is 274 g/mol. The van der Waals surface area contributed by atoms with Crippen LogP contribution >= 0.6 is 25.3 Å². The smallest absolute Gasteiger partial charge is 0.150 e. The molecule has 0 saturated carbocycles. The van der Waals surface area contributed by atoms with Crippen molar-refractivity contribution >= 4 is 35.1 Å². The third-order valence-electron chi connectivity index (χ3n) is 1.95. The predicted molar refractivity (Wildman–Crippen MR) is 67.6 cm³/mol. The minimum atomic E-state index is -3.11. The molecule has 2 unspecified atom stereocenters. The lowest BCUT2D eigenvalue weighted by Gasteiger charge is -2.09. The Balaban J connectivity index is 3.87. The zero-order chi connectivity index (χ0) is 11.9. The summed E-state index contributed by atoms with van der Waals surface area (Å²) in [5, 5.41) is 16.8. The molecule has 0 amide bonds. The predicted octanol–water partition coefficient (Wildman–Crippen LogP) is -0.237. The van der Waals surface area contributed by atoms with E-state index in [-0.39, 0.29) is 35.2 Å². The molecule has 0 fully saturated rings. The third kappa shape index (κ3) is 8.38. The molecule has 7 heteroatoms. The molecule has 0 aromatic rings. The summed E-state index contributed by atoms with van der Waals surface area (Å²) in [6.07, 6.45) is 0.691. The molecule has 0 aliphatic carbocycles. The van der Waals surface area contributed by atoms with Crippen LogP contribution in [-0.4, -0.2) is 53.9 Å². The fraction of sp³-hybridized carbons (Fsp3) is 1.00. The van der Waals surface area contributed by atoms with Gasteiger partial charge in [-0.1, -0.05) is 0 Å². The molecule has 0 rings (SSSR count). The lowest BCUT2D eigenvalue weighted by atomic mass is 10.3. The topological polar surface area (TPSA) is 74.6 Å². The van der Waals surface area contributed by atoms with Gasteiger partial charge in [-0.3, -0.25) is 0 Å². The van der Waals surface area contributed by atoms with Gasteiger partial charge in [0.15, 0.2) is 0 Å². The maximum Gasteiger partial charge on any atom is 0.150 e. The van der Waals surface area contributed by atoms with E-state index in [1.165, 1.54) is 0 Å². The van der Waals surface area contributed by atoms with Crippen molar-refractivity contribution in [2.45, 2.75) is 23.3 Å². The first-order valence-corrected chi connectivity index (χ1v) is 7.55. The summed E-state index contributed by atoms with van der Waals surface area (Å²) in [5.74, 6) is 0.0430. The van der Waals surface area contributed by atoms with Gasteiger partial charge in [-0.05, 0) is 12.8 Å². The normalized spacial score (nSPS) is 16.3. The molecular formula is C8H18O4S3. The van der Waals surface area contributed by atoms with Gasteiger partial charge in [-0.2, -0.15) is 25.3 Å². The van der Waals surface area contributed by atoms with E-state index in [2.05, 4.69) is 25.3 Å². The van der Waals surface area contributed by atoms with Crippen molar-refractivity contribution in [2.75, 3.05) is 24.7 Å². The van der Waals surface area contributed by atoms with Crippen molar-refractivity contribution in [3.8, 4) is 0 Å². The number of aliphatic hydroxyl groups excluding tert-OH is 2. The highest BCUT2D eigenvalue weighted by atomic mass is 32.2. The van der Waals surface area contributed by atoms with E-state index in [1.54, 1.807) is 0 Å². The van der Waals surface area contributed by atoms with Gasteiger partial charge in [0.2, 0.25) is 0 Å². The molecule has 0 saturated heterocycles. The van der Waals surface area contributed by atoms with Crippen LogP contribution in [0.3, 0.4) is 0 Å². The van der Waals surface area contributed by atoms with Crippen LogP contribution in [0.5, 0.6) is 0 Å². The van der Waals surface area contributed by atoms with Crippen LogP contribution < -0.4 is 0 Å². The summed E-state index contributed by atoms with van der Waals surface area (Å²) < 4.78 is 22.9. The van der Waals surface area contributed by atoms with Gasteiger partial charge in [0, 0.05) is 10.5 Å². The molecule has 0 bridgehead atoms. The van der Waals surface area contributed by atoms with Crippen molar-refractivity contribution in [1.82, 2.24) is 0 Å². The third-order valence-corrected chi connectivity index (χ3v) is 4.50. The van der Waals surface area contributed by atoms with Crippen molar-refractivity contribution in [1.29, 1.82) is 0 Å². The Hall–Kier alpha value is 0.570. The molecule has 92 valence electrons. The summed E-state index contributed by atoms with van der Waals surface area (Å²) in [6, 6.07) is 0. The molecule has 0 heterocycles. The molecule has 0 aliphatic rings. The Kier molecular flexibility index (Phi) is 8.08. The van der Waals surface area contributed by atoms with Crippen molar-refractivity contribution in [3.63, 3.8) is 0 Å². The van der Waals surface area contributed by atoms with Crippen molar-refractivity contribution < 1.29 is 18.6 Å². The quantitative estimate of drug-likeness (QED) is 0.461. The lowest BCUT2D eigenvalue weighted by molar-refractivity contribution is 0.293. The van der Waals surface area contributed by atoms with E-state index < -0.39 is 9.84 Å². The second-order valence-electron chi connectivity index (χ2n) is 3.40. The summed E-state index contributed by atoms with van der Waals surface area (Å²) >= 11 is 8.00. The minimum absolute atomic E-state index is 0.0215. The maximum atomic E-state index is 11.4. The van der Waals surface area contributed by atoms with E-state index in [9.17, 15) is 8.42 Å². The van der Waals surface area contributed by atoms with Crippen LogP contribution in [0.2, 0.25) is 0 Å². The maximum absolute atomic E-state index is 11.4. The van der Waals surface area contributed by atoms with Crippen LogP contribution in [-0.2, 0) is 9.84 Å². The molecule has 2 atom stereocenters. The van der Waals surface area contributed by atoms with Gasteiger partial charge in [-0.25, -0.2) is 8.42 Å². The molecule has 2 N–H and O–H groups in total. The Morgan fingerprint density at radius 3 is 1.53 bits per heavy atom. The summed E-state index contributed by atoms with van der Waals surface area (Å²) in [5.41, 5.74) is 0. The standard InChI is InChI=1S/C8H18O4S3/c9-5-7(13)1-3-15(11,12)4-2-8(14)6-10/h7-10,13-14H,1-6H2. The van der Waals surface area contributed by atoms with E-state index in [0.29, 0.717) is 12.8 Å². The SMILES string of the molecule is O=S(=O)(CCC(S)CO)CCC(S)CO. The molecule has 0 spiro atoms. The molecular weight excluding hydrogens is 256 g/mol. The molecule has 4 nitrogen and oxygen atoms in total. The van der Waals surface area contributed by atoms with Gasteiger partial charge in [0.05, 0.1) is 24.7 Å².